The molecule has 1 aliphatic heterocycles. The van der Waals surface area contributed by atoms with E-state index < -0.39 is 11.7 Å². The van der Waals surface area contributed by atoms with E-state index in [1.165, 1.54) is 20.5 Å². The van der Waals surface area contributed by atoms with Crippen molar-refractivity contribution in [2.24, 2.45) is 4.99 Å². The Kier molecular flexibility index (Phi) is 3.33. The smallest absolute Gasteiger partial charge is 0.209 e. The first kappa shape index (κ1) is 15.6. The molecule has 2 heterocycles. The minimum Gasteiger partial charge on any atom is -0.493 e. The van der Waals surface area contributed by atoms with Gasteiger partial charge in [-0.15, -0.1) is 0 Å². The van der Waals surface area contributed by atoms with Gasteiger partial charge in [0.15, 0.2) is 34.8 Å². The van der Waals surface area contributed by atoms with Gasteiger partial charge in [-0.2, -0.15) is 0 Å². The van der Waals surface area contributed by atoms with Crippen LogP contribution in [-0.4, -0.2) is 53.2 Å². The quantitative estimate of drug-likeness (QED) is 0.778. The number of nitrogens with zero attached hydrogens (tertiary/aromatic N) is 3. The number of benzene rings is 1. The summed E-state index contributed by atoms with van der Waals surface area (Å²) < 4.78 is 15.8. The highest BCUT2D eigenvalue weighted by Gasteiger charge is 2.65. The SMILES string of the molecule is COc1cc2ncnc(N=C3CC(=O)C4(C)OC4C3=O)c2cc1OC. The number of aromatic nitrogens is 2. The van der Waals surface area contributed by atoms with E-state index in [1.54, 1.807) is 19.1 Å². The standard InChI is InChI=1S/C17H15N3O5/c1-17-13(21)6-10(14(22)15(17)25-17)20-16-8-4-11(23-2)12(24-3)5-9(8)18-7-19-16/h4-5,7,15H,6H2,1-3H3. The Hall–Kier alpha value is -2.87. The highest BCUT2D eigenvalue weighted by Crippen LogP contribution is 2.43. The third-order valence-electron chi connectivity index (χ3n) is 4.57. The summed E-state index contributed by atoms with van der Waals surface area (Å²) >= 11 is 0. The molecule has 2 fully saturated rings. The van der Waals surface area contributed by atoms with E-state index in [2.05, 4.69) is 15.0 Å². The third-order valence-corrected chi connectivity index (χ3v) is 4.57. The first-order valence-electron chi connectivity index (χ1n) is 7.67. The predicted molar refractivity (Wildman–Crippen MR) is 87.6 cm³/mol. The molecule has 2 unspecified atom stereocenters. The molecule has 128 valence electrons. The van der Waals surface area contributed by atoms with Crippen LogP contribution in [0.25, 0.3) is 10.9 Å². The number of fused-ring (bicyclic) bond motifs is 2. The summed E-state index contributed by atoms with van der Waals surface area (Å²) in [6, 6.07) is 3.40. The molecule has 2 aliphatic rings. The van der Waals surface area contributed by atoms with E-state index in [0.717, 1.165) is 0 Å². The zero-order valence-corrected chi connectivity index (χ0v) is 13.9. The molecule has 0 amide bonds. The molecule has 2 atom stereocenters. The van der Waals surface area contributed by atoms with Gasteiger partial charge in [-0.25, -0.2) is 15.0 Å². The number of hydrogen-bond acceptors (Lipinski definition) is 8. The molecule has 1 saturated carbocycles. The normalized spacial score (nSPS) is 26.7. The van der Waals surface area contributed by atoms with Gasteiger partial charge >= 0.3 is 0 Å². The van der Waals surface area contributed by atoms with Gasteiger partial charge in [-0.05, 0) is 13.0 Å². The second-order valence-corrected chi connectivity index (χ2v) is 6.05. The minimum absolute atomic E-state index is 0.0649. The van der Waals surface area contributed by atoms with Crippen LogP contribution in [0.2, 0.25) is 0 Å². The number of aliphatic imine (C=N–C) groups is 1. The molecule has 1 aromatic carbocycles. The highest BCUT2D eigenvalue weighted by molar-refractivity contribution is 6.49. The number of hydrogen-bond donors (Lipinski definition) is 0. The van der Waals surface area contributed by atoms with Gasteiger partial charge < -0.3 is 14.2 Å². The molecule has 1 aliphatic carbocycles. The summed E-state index contributed by atoms with van der Waals surface area (Å²) in [6.45, 7) is 1.63. The second kappa shape index (κ2) is 5.32. The zero-order chi connectivity index (χ0) is 17.8. The van der Waals surface area contributed by atoms with Gasteiger partial charge in [0.1, 0.15) is 6.33 Å². The van der Waals surface area contributed by atoms with Crippen molar-refractivity contribution in [2.75, 3.05) is 14.2 Å². The molecule has 25 heavy (non-hydrogen) atoms. The van der Waals surface area contributed by atoms with Crippen molar-refractivity contribution in [1.29, 1.82) is 0 Å². The molecule has 4 rings (SSSR count). The molecule has 8 heteroatoms. The average molecular weight is 341 g/mol. The summed E-state index contributed by atoms with van der Waals surface area (Å²) in [6.07, 6.45) is 0.556. The van der Waals surface area contributed by atoms with E-state index in [1.807, 2.05) is 0 Å². The van der Waals surface area contributed by atoms with Crippen LogP contribution in [0.15, 0.2) is 23.5 Å². The molecule has 1 saturated heterocycles. The van der Waals surface area contributed by atoms with Crippen molar-refractivity contribution in [3.8, 4) is 11.5 Å². The fraction of sp³-hybridized carbons (Fsp3) is 0.353. The Morgan fingerprint density at radius 1 is 1.20 bits per heavy atom. The number of epoxide rings is 1. The lowest BCUT2D eigenvalue weighted by Crippen LogP contribution is -2.39. The topological polar surface area (TPSA) is 103 Å². The molecule has 8 nitrogen and oxygen atoms in total. The largest absolute Gasteiger partial charge is 0.493 e. The van der Waals surface area contributed by atoms with Gasteiger partial charge in [-0.1, -0.05) is 0 Å². The molecule has 0 spiro atoms. The average Bonchev–Trinajstić information content (AvgIpc) is 3.32. The van der Waals surface area contributed by atoms with Crippen molar-refractivity contribution in [3.05, 3.63) is 18.5 Å². The first-order valence-corrected chi connectivity index (χ1v) is 7.67. The van der Waals surface area contributed by atoms with E-state index >= 15 is 0 Å². The van der Waals surface area contributed by atoms with Gasteiger partial charge in [0.25, 0.3) is 0 Å². The molecular formula is C17H15N3O5. The molecular weight excluding hydrogens is 326 g/mol. The van der Waals surface area contributed by atoms with E-state index in [0.29, 0.717) is 28.2 Å². The number of rotatable bonds is 3. The molecule has 2 aromatic rings. The first-order chi connectivity index (χ1) is 12.0. The summed E-state index contributed by atoms with van der Waals surface area (Å²) in [5.74, 6) is 0.905. The van der Waals surface area contributed by atoms with Crippen molar-refractivity contribution >= 4 is 34.0 Å². The fourth-order valence-electron chi connectivity index (χ4n) is 2.97. The van der Waals surface area contributed by atoms with Crippen LogP contribution >= 0.6 is 0 Å². The molecule has 0 bridgehead atoms. The molecule has 0 radical (unpaired) electrons. The fourth-order valence-corrected chi connectivity index (χ4v) is 2.97. The number of carbonyl (C=O) groups excluding carboxylic acids is 2. The van der Waals surface area contributed by atoms with Gasteiger partial charge in [-0.3, -0.25) is 9.59 Å². The summed E-state index contributed by atoms with van der Waals surface area (Å²) in [4.78, 5) is 37.2. The van der Waals surface area contributed by atoms with Crippen molar-refractivity contribution in [1.82, 2.24) is 9.97 Å². The van der Waals surface area contributed by atoms with Crippen LogP contribution in [0.4, 0.5) is 5.82 Å². The Morgan fingerprint density at radius 2 is 1.92 bits per heavy atom. The van der Waals surface area contributed by atoms with Crippen LogP contribution in [-0.2, 0) is 14.3 Å². The van der Waals surface area contributed by atoms with Crippen molar-refractivity contribution in [3.63, 3.8) is 0 Å². The zero-order valence-electron chi connectivity index (χ0n) is 13.9. The highest BCUT2D eigenvalue weighted by atomic mass is 16.6. The number of Topliss-reactive ketones (excluding diaryl/α,β-unsaturated/α-hetero) is 2. The van der Waals surface area contributed by atoms with Crippen molar-refractivity contribution < 1.29 is 23.8 Å². The molecule has 1 aromatic heterocycles. The van der Waals surface area contributed by atoms with Crippen LogP contribution in [0.3, 0.4) is 0 Å². The van der Waals surface area contributed by atoms with Crippen LogP contribution in [0.1, 0.15) is 13.3 Å². The van der Waals surface area contributed by atoms with Crippen LogP contribution in [0, 0.1) is 0 Å². The predicted octanol–water partition coefficient (Wildman–Crippen LogP) is 1.42. The lowest BCUT2D eigenvalue weighted by molar-refractivity contribution is -0.124. The third kappa shape index (κ3) is 2.29. The van der Waals surface area contributed by atoms with Crippen LogP contribution < -0.4 is 9.47 Å². The lowest BCUT2D eigenvalue weighted by Gasteiger charge is -2.13. The Balaban J connectivity index is 1.82. The Bertz CT molecular complexity index is 955. The van der Waals surface area contributed by atoms with E-state index in [9.17, 15) is 9.59 Å². The van der Waals surface area contributed by atoms with Crippen LogP contribution in [0.5, 0.6) is 11.5 Å². The van der Waals surface area contributed by atoms with Gasteiger partial charge in [0, 0.05) is 11.5 Å². The number of ether oxygens (including phenoxy) is 3. The maximum absolute atomic E-state index is 12.4. The summed E-state index contributed by atoms with van der Waals surface area (Å²) in [5, 5.41) is 0.595. The number of ketones is 2. The summed E-state index contributed by atoms with van der Waals surface area (Å²) in [7, 11) is 3.05. The van der Waals surface area contributed by atoms with E-state index in [4.69, 9.17) is 14.2 Å². The maximum Gasteiger partial charge on any atom is 0.209 e. The Morgan fingerprint density at radius 3 is 2.64 bits per heavy atom. The number of carbonyl (C=O) groups is 2. The van der Waals surface area contributed by atoms with E-state index in [-0.39, 0.29) is 23.7 Å². The number of methoxy groups -OCH3 is 2. The van der Waals surface area contributed by atoms with Gasteiger partial charge in [0.2, 0.25) is 5.78 Å². The Labute approximate surface area is 142 Å². The second-order valence-electron chi connectivity index (χ2n) is 6.05. The van der Waals surface area contributed by atoms with Gasteiger partial charge in [0.05, 0.1) is 31.9 Å². The minimum atomic E-state index is -0.972. The summed E-state index contributed by atoms with van der Waals surface area (Å²) in [5.41, 5.74) is -0.227. The maximum atomic E-state index is 12.4. The lowest BCUT2D eigenvalue weighted by atomic mass is 9.87. The van der Waals surface area contributed by atoms with Crippen molar-refractivity contribution in [2.45, 2.75) is 25.0 Å². The molecule has 0 N–H and O–H groups in total. The monoisotopic (exact) mass is 341 g/mol.